The number of esters is 1. The minimum atomic E-state index is -0.432. The SMILES string of the molecule is COC(=O)c1c(C)[nH]c(C(=O)C(C)N2CCN(c3ncnc4c3cnn4C)CC2)c1C. The van der Waals surface area contributed by atoms with E-state index in [4.69, 9.17) is 4.74 Å². The van der Waals surface area contributed by atoms with Crippen molar-refractivity contribution in [1.29, 1.82) is 0 Å². The van der Waals surface area contributed by atoms with Crippen molar-refractivity contribution in [3.05, 3.63) is 35.0 Å². The van der Waals surface area contributed by atoms with Crippen molar-refractivity contribution in [3.63, 3.8) is 0 Å². The minimum absolute atomic E-state index is 0.0270. The van der Waals surface area contributed by atoms with Crippen LogP contribution in [0.5, 0.6) is 0 Å². The molecular formula is C21H27N7O3. The van der Waals surface area contributed by atoms with Crippen LogP contribution >= 0.6 is 0 Å². The lowest BCUT2D eigenvalue weighted by molar-refractivity contribution is 0.0599. The summed E-state index contributed by atoms with van der Waals surface area (Å²) in [7, 11) is 3.20. The molecule has 10 heteroatoms. The molecule has 0 aliphatic carbocycles. The molecule has 1 aliphatic heterocycles. The highest BCUT2D eigenvalue weighted by atomic mass is 16.5. The van der Waals surface area contributed by atoms with E-state index in [1.54, 1.807) is 31.1 Å². The summed E-state index contributed by atoms with van der Waals surface area (Å²) in [5.41, 5.74) is 3.00. The molecule has 4 heterocycles. The number of hydrogen-bond donors (Lipinski definition) is 1. The molecule has 0 spiro atoms. The quantitative estimate of drug-likeness (QED) is 0.484. The zero-order valence-electron chi connectivity index (χ0n) is 18.5. The van der Waals surface area contributed by atoms with Crippen LogP contribution in [-0.2, 0) is 11.8 Å². The number of aromatic nitrogens is 5. The van der Waals surface area contributed by atoms with Gasteiger partial charge in [-0.25, -0.2) is 14.8 Å². The predicted octanol–water partition coefficient (Wildman–Crippen LogP) is 1.49. The Labute approximate surface area is 180 Å². The maximum atomic E-state index is 13.2. The molecule has 3 aromatic rings. The van der Waals surface area contributed by atoms with Crippen molar-refractivity contribution in [1.82, 2.24) is 29.6 Å². The van der Waals surface area contributed by atoms with Crippen molar-refractivity contribution in [2.24, 2.45) is 7.05 Å². The van der Waals surface area contributed by atoms with Crippen molar-refractivity contribution >= 4 is 28.6 Å². The van der Waals surface area contributed by atoms with Crippen LogP contribution in [0.3, 0.4) is 0 Å². The van der Waals surface area contributed by atoms with Gasteiger partial charge in [-0.1, -0.05) is 0 Å². The standard InChI is InChI=1S/C21H27N7O3/c1-12-16(21(30)31-5)13(2)25-17(12)18(29)14(3)27-6-8-28(9-7-27)20-15-10-24-26(4)19(15)22-11-23-20/h10-11,14,25H,6-9H2,1-5H3. The molecule has 3 aromatic heterocycles. The first-order chi connectivity index (χ1) is 14.8. The van der Waals surface area contributed by atoms with E-state index in [1.165, 1.54) is 7.11 Å². The van der Waals surface area contributed by atoms with Gasteiger partial charge >= 0.3 is 5.97 Å². The molecule has 4 rings (SSSR count). The maximum absolute atomic E-state index is 13.2. The van der Waals surface area contributed by atoms with Crippen LogP contribution in [0.2, 0.25) is 0 Å². The summed E-state index contributed by atoms with van der Waals surface area (Å²) < 4.78 is 6.59. The van der Waals surface area contributed by atoms with Gasteiger partial charge in [0.05, 0.1) is 36.0 Å². The number of ketones is 1. The molecule has 10 nitrogen and oxygen atoms in total. The lowest BCUT2D eigenvalue weighted by Crippen LogP contribution is -2.52. The number of carbonyl (C=O) groups excluding carboxylic acids is 2. The van der Waals surface area contributed by atoms with E-state index in [0.717, 1.165) is 43.0 Å². The Hall–Kier alpha value is -3.27. The van der Waals surface area contributed by atoms with Gasteiger partial charge in [-0.2, -0.15) is 5.10 Å². The molecule has 1 aliphatic rings. The highest BCUT2D eigenvalue weighted by Gasteiger charge is 2.31. The van der Waals surface area contributed by atoms with Crippen molar-refractivity contribution in [2.45, 2.75) is 26.8 Å². The average molecular weight is 425 g/mol. The Morgan fingerprint density at radius 1 is 1.16 bits per heavy atom. The number of H-pyrrole nitrogens is 1. The number of fused-ring (bicyclic) bond motifs is 1. The molecule has 164 valence electrons. The van der Waals surface area contributed by atoms with Crippen LogP contribution in [0.15, 0.2) is 12.5 Å². The first kappa shape index (κ1) is 21.0. The maximum Gasteiger partial charge on any atom is 0.339 e. The molecule has 1 atom stereocenters. The van der Waals surface area contributed by atoms with Gasteiger partial charge in [0.25, 0.3) is 0 Å². The van der Waals surface area contributed by atoms with Gasteiger partial charge in [0, 0.05) is 38.9 Å². The number of nitrogens with zero attached hydrogens (tertiary/aromatic N) is 6. The molecule has 31 heavy (non-hydrogen) atoms. The van der Waals surface area contributed by atoms with Crippen LogP contribution in [-0.4, -0.2) is 80.7 Å². The van der Waals surface area contributed by atoms with Gasteiger partial charge in [0.1, 0.15) is 12.1 Å². The molecule has 1 fully saturated rings. The van der Waals surface area contributed by atoms with Crippen LogP contribution in [0.1, 0.15) is 39.0 Å². The number of nitrogens with one attached hydrogen (secondary N) is 1. The highest BCUT2D eigenvalue weighted by molar-refractivity contribution is 6.03. The number of aryl methyl sites for hydroxylation is 2. The second-order valence-corrected chi connectivity index (χ2v) is 7.88. The van der Waals surface area contributed by atoms with Crippen LogP contribution in [0, 0.1) is 13.8 Å². The van der Waals surface area contributed by atoms with Crippen LogP contribution in [0.25, 0.3) is 11.0 Å². The number of carbonyl (C=O) groups is 2. The average Bonchev–Trinajstić information content (AvgIpc) is 3.31. The zero-order chi connectivity index (χ0) is 22.3. The largest absolute Gasteiger partial charge is 0.465 e. The van der Waals surface area contributed by atoms with E-state index in [2.05, 4.69) is 29.9 Å². The Bertz CT molecular complexity index is 1140. The predicted molar refractivity (Wildman–Crippen MR) is 115 cm³/mol. The van der Waals surface area contributed by atoms with E-state index in [1.807, 2.05) is 14.0 Å². The number of aromatic amines is 1. The van der Waals surface area contributed by atoms with E-state index in [9.17, 15) is 9.59 Å². The molecule has 0 bridgehead atoms. The van der Waals surface area contributed by atoms with E-state index in [0.29, 0.717) is 22.5 Å². The third kappa shape index (κ3) is 3.56. The lowest BCUT2D eigenvalue weighted by atomic mass is 10.0. The molecule has 0 saturated carbocycles. The van der Waals surface area contributed by atoms with Crippen LogP contribution < -0.4 is 4.90 Å². The van der Waals surface area contributed by atoms with Gasteiger partial charge in [-0.05, 0) is 26.3 Å². The number of methoxy groups -OCH3 is 1. The highest BCUT2D eigenvalue weighted by Crippen LogP contribution is 2.25. The molecule has 0 aromatic carbocycles. The van der Waals surface area contributed by atoms with Gasteiger partial charge in [-0.15, -0.1) is 0 Å². The summed E-state index contributed by atoms with van der Waals surface area (Å²) in [6, 6.07) is -0.312. The molecule has 0 radical (unpaired) electrons. The summed E-state index contributed by atoms with van der Waals surface area (Å²) >= 11 is 0. The van der Waals surface area contributed by atoms with Crippen molar-refractivity contribution < 1.29 is 14.3 Å². The summed E-state index contributed by atoms with van der Waals surface area (Å²) in [4.78, 5) is 41.5. The van der Waals surface area contributed by atoms with E-state index in [-0.39, 0.29) is 11.8 Å². The summed E-state index contributed by atoms with van der Waals surface area (Å²) in [6.45, 7) is 8.41. The zero-order valence-corrected chi connectivity index (χ0v) is 18.5. The summed E-state index contributed by atoms with van der Waals surface area (Å²) in [5, 5.41) is 5.21. The lowest BCUT2D eigenvalue weighted by Gasteiger charge is -2.38. The Morgan fingerprint density at radius 2 is 1.87 bits per heavy atom. The Morgan fingerprint density at radius 3 is 2.55 bits per heavy atom. The minimum Gasteiger partial charge on any atom is -0.465 e. The number of Topliss-reactive ketones (excluding diaryl/α,β-unsaturated/α-hetero) is 1. The Balaban J connectivity index is 1.48. The number of rotatable bonds is 5. The van der Waals surface area contributed by atoms with Crippen molar-refractivity contribution in [3.8, 4) is 0 Å². The molecule has 1 N–H and O–H groups in total. The Kier molecular flexibility index (Phi) is 5.48. The smallest absolute Gasteiger partial charge is 0.339 e. The van der Waals surface area contributed by atoms with Crippen LogP contribution in [0.4, 0.5) is 5.82 Å². The first-order valence-electron chi connectivity index (χ1n) is 10.3. The third-order valence-electron chi connectivity index (χ3n) is 6.12. The van der Waals surface area contributed by atoms with Gasteiger partial charge in [0.15, 0.2) is 11.4 Å². The fraction of sp³-hybridized carbons (Fsp3) is 0.476. The van der Waals surface area contributed by atoms with Gasteiger partial charge in [0.2, 0.25) is 0 Å². The van der Waals surface area contributed by atoms with Gasteiger partial charge in [-0.3, -0.25) is 14.4 Å². The topological polar surface area (TPSA) is 109 Å². The number of anilines is 1. The molecular weight excluding hydrogens is 398 g/mol. The third-order valence-corrected chi connectivity index (χ3v) is 6.12. The fourth-order valence-electron chi connectivity index (χ4n) is 4.30. The summed E-state index contributed by atoms with van der Waals surface area (Å²) in [5.74, 6) is 0.411. The van der Waals surface area contributed by atoms with E-state index >= 15 is 0 Å². The number of hydrogen-bond acceptors (Lipinski definition) is 8. The number of piperazine rings is 1. The monoisotopic (exact) mass is 425 g/mol. The van der Waals surface area contributed by atoms with Gasteiger partial charge < -0.3 is 14.6 Å². The normalized spacial score (nSPS) is 16.0. The van der Waals surface area contributed by atoms with E-state index < -0.39 is 5.97 Å². The molecule has 1 saturated heterocycles. The second-order valence-electron chi connectivity index (χ2n) is 7.88. The fourth-order valence-corrected chi connectivity index (χ4v) is 4.30. The second kappa shape index (κ2) is 8.10. The number of ether oxygens (including phenoxy) is 1. The first-order valence-corrected chi connectivity index (χ1v) is 10.3. The van der Waals surface area contributed by atoms with Crippen molar-refractivity contribution in [2.75, 3.05) is 38.2 Å². The molecule has 0 amide bonds. The molecule has 1 unspecified atom stereocenters. The summed E-state index contributed by atoms with van der Waals surface area (Å²) in [6.07, 6.45) is 3.35.